The smallest absolute Gasteiger partial charge is 0.241 e. The third kappa shape index (κ3) is 5.15. The molecule has 1 atom stereocenters. The first-order valence-electron chi connectivity index (χ1n) is 9.75. The van der Waals surface area contributed by atoms with Gasteiger partial charge in [-0.25, -0.2) is 0 Å². The summed E-state index contributed by atoms with van der Waals surface area (Å²) >= 11 is 6.08. The Morgan fingerprint density at radius 3 is 2.86 bits per heavy atom. The van der Waals surface area contributed by atoms with Crippen molar-refractivity contribution in [2.75, 3.05) is 20.3 Å². The zero-order chi connectivity index (χ0) is 20.1. The average molecular weight is 414 g/mol. The lowest BCUT2D eigenvalue weighted by Crippen LogP contribution is -2.31. The molecular formula is C22H24ClN3O3. The van der Waals surface area contributed by atoms with Gasteiger partial charge in [0.1, 0.15) is 5.75 Å². The molecule has 3 aromatic rings. The van der Waals surface area contributed by atoms with Crippen LogP contribution >= 0.6 is 11.6 Å². The molecule has 0 N–H and O–H groups in total. The summed E-state index contributed by atoms with van der Waals surface area (Å²) in [6.07, 6.45) is 2.40. The Bertz CT molecular complexity index is 940. The van der Waals surface area contributed by atoms with Gasteiger partial charge in [0, 0.05) is 35.8 Å². The minimum atomic E-state index is 0.222. The molecule has 2 heterocycles. The Balaban J connectivity index is 1.52. The van der Waals surface area contributed by atoms with Gasteiger partial charge in [-0.1, -0.05) is 47.1 Å². The normalized spacial score (nSPS) is 16.4. The number of methoxy groups -OCH3 is 1. The lowest BCUT2D eigenvalue weighted by atomic mass is 10.1. The van der Waals surface area contributed by atoms with Crippen LogP contribution in [-0.2, 0) is 17.8 Å². The third-order valence-electron chi connectivity index (χ3n) is 4.98. The molecule has 1 fully saturated rings. The lowest BCUT2D eigenvalue weighted by Gasteiger charge is -2.24. The monoisotopic (exact) mass is 413 g/mol. The quantitative estimate of drug-likeness (QED) is 0.538. The van der Waals surface area contributed by atoms with E-state index >= 15 is 0 Å². The van der Waals surface area contributed by atoms with Gasteiger partial charge in [0.15, 0.2) is 0 Å². The fourth-order valence-corrected chi connectivity index (χ4v) is 3.78. The highest BCUT2D eigenvalue weighted by molar-refractivity contribution is 6.30. The Morgan fingerprint density at radius 2 is 2.07 bits per heavy atom. The summed E-state index contributed by atoms with van der Waals surface area (Å²) in [6, 6.07) is 15.5. The van der Waals surface area contributed by atoms with E-state index in [1.54, 1.807) is 7.11 Å². The molecule has 4 rings (SSSR count). The van der Waals surface area contributed by atoms with E-state index in [0.29, 0.717) is 29.8 Å². The molecule has 0 radical (unpaired) electrons. The second-order valence-electron chi connectivity index (χ2n) is 7.14. The van der Waals surface area contributed by atoms with Crippen molar-refractivity contribution in [1.82, 2.24) is 15.0 Å². The van der Waals surface area contributed by atoms with Crippen molar-refractivity contribution in [2.45, 2.75) is 32.0 Å². The Labute approximate surface area is 175 Å². The highest BCUT2D eigenvalue weighted by Gasteiger charge is 2.22. The van der Waals surface area contributed by atoms with Gasteiger partial charge >= 0.3 is 0 Å². The van der Waals surface area contributed by atoms with Crippen LogP contribution in [-0.4, -0.2) is 41.4 Å². The van der Waals surface area contributed by atoms with E-state index in [1.807, 2.05) is 42.5 Å². The van der Waals surface area contributed by atoms with E-state index in [1.165, 1.54) is 0 Å². The van der Waals surface area contributed by atoms with Crippen LogP contribution in [0, 0.1) is 0 Å². The highest BCUT2D eigenvalue weighted by Crippen LogP contribution is 2.24. The Morgan fingerprint density at radius 1 is 1.17 bits per heavy atom. The number of benzene rings is 2. The highest BCUT2D eigenvalue weighted by atomic mass is 35.5. The van der Waals surface area contributed by atoms with E-state index in [4.69, 9.17) is 25.6 Å². The molecule has 0 aliphatic carbocycles. The van der Waals surface area contributed by atoms with Crippen molar-refractivity contribution in [3.05, 3.63) is 65.0 Å². The van der Waals surface area contributed by atoms with Gasteiger partial charge < -0.3 is 14.0 Å². The molecule has 29 heavy (non-hydrogen) atoms. The molecule has 0 saturated carbocycles. The van der Waals surface area contributed by atoms with Crippen LogP contribution in [0.25, 0.3) is 11.4 Å². The molecule has 1 saturated heterocycles. The van der Waals surface area contributed by atoms with Crippen LogP contribution < -0.4 is 4.74 Å². The number of nitrogens with zero attached hydrogens (tertiary/aromatic N) is 3. The molecule has 0 bridgehead atoms. The Hall–Kier alpha value is -2.41. The van der Waals surface area contributed by atoms with E-state index < -0.39 is 0 Å². The molecule has 2 aromatic carbocycles. The van der Waals surface area contributed by atoms with E-state index in [0.717, 1.165) is 42.9 Å². The number of para-hydroxylation sites is 1. The predicted molar refractivity (Wildman–Crippen MR) is 111 cm³/mol. The van der Waals surface area contributed by atoms with Gasteiger partial charge in [0.2, 0.25) is 11.7 Å². The first-order valence-corrected chi connectivity index (χ1v) is 10.1. The van der Waals surface area contributed by atoms with Gasteiger partial charge in [0.25, 0.3) is 0 Å². The van der Waals surface area contributed by atoms with Crippen LogP contribution in [0.4, 0.5) is 0 Å². The van der Waals surface area contributed by atoms with Crippen molar-refractivity contribution < 1.29 is 14.0 Å². The maximum atomic E-state index is 6.08. The molecule has 7 heteroatoms. The van der Waals surface area contributed by atoms with Crippen LogP contribution in [0.15, 0.2) is 53.1 Å². The average Bonchev–Trinajstić information content (AvgIpc) is 3.41. The van der Waals surface area contributed by atoms with Gasteiger partial charge in [-0.3, -0.25) is 4.90 Å². The minimum Gasteiger partial charge on any atom is -0.496 e. The summed E-state index contributed by atoms with van der Waals surface area (Å²) in [7, 11) is 1.69. The first kappa shape index (κ1) is 19.9. The summed E-state index contributed by atoms with van der Waals surface area (Å²) in [5, 5.41) is 4.77. The maximum Gasteiger partial charge on any atom is 0.241 e. The van der Waals surface area contributed by atoms with Gasteiger partial charge in [-0.2, -0.15) is 4.98 Å². The van der Waals surface area contributed by atoms with Crippen LogP contribution in [0.5, 0.6) is 5.75 Å². The molecule has 0 spiro atoms. The van der Waals surface area contributed by atoms with Crippen molar-refractivity contribution >= 4 is 11.6 Å². The number of hydrogen-bond donors (Lipinski definition) is 0. The fourth-order valence-electron chi connectivity index (χ4n) is 3.59. The largest absolute Gasteiger partial charge is 0.496 e. The number of halogens is 1. The van der Waals surface area contributed by atoms with E-state index in [9.17, 15) is 0 Å². The van der Waals surface area contributed by atoms with Crippen molar-refractivity contribution in [1.29, 1.82) is 0 Å². The number of aromatic nitrogens is 2. The van der Waals surface area contributed by atoms with Gasteiger partial charge in [-0.05, 0) is 31.0 Å². The zero-order valence-electron chi connectivity index (χ0n) is 16.4. The summed E-state index contributed by atoms with van der Waals surface area (Å²) in [4.78, 5) is 6.84. The fraction of sp³-hybridized carbons (Fsp3) is 0.364. The van der Waals surface area contributed by atoms with Crippen molar-refractivity contribution in [2.24, 2.45) is 0 Å². The van der Waals surface area contributed by atoms with E-state index in [-0.39, 0.29) is 6.10 Å². The van der Waals surface area contributed by atoms with Gasteiger partial charge in [-0.15, -0.1) is 0 Å². The summed E-state index contributed by atoms with van der Waals surface area (Å²) in [5.41, 5.74) is 1.95. The standard InChI is InChI=1S/C22H24ClN3O3/c1-27-20-10-3-2-6-17(20)13-26(14-19-9-5-11-28-19)15-21-24-22(25-29-21)16-7-4-8-18(23)12-16/h2-4,6-8,10,12,19H,5,9,11,13-15H2,1H3. The molecule has 0 amide bonds. The molecule has 6 nitrogen and oxygen atoms in total. The van der Waals surface area contributed by atoms with E-state index in [2.05, 4.69) is 21.1 Å². The molecule has 1 aromatic heterocycles. The lowest BCUT2D eigenvalue weighted by molar-refractivity contribution is 0.0637. The topological polar surface area (TPSA) is 60.6 Å². The predicted octanol–water partition coefficient (Wildman–Crippen LogP) is 4.58. The Kier molecular flexibility index (Phi) is 6.44. The van der Waals surface area contributed by atoms with Crippen LogP contribution in [0.1, 0.15) is 24.3 Å². The van der Waals surface area contributed by atoms with Crippen LogP contribution in [0.2, 0.25) is 5.02 Å². The maximum absolute atomic E-state index is 6.08. The number of rotatable bonds is 8. The summed E-state index contributed by atoms with van der Waals surface area (Å²) < 4.78 is 16.9. The molecule has 152 valence electrons. The number of hydrogen-bond acceptors (Lipinski definition) is 6. The SMILES string of the molecule is COc1ccccc1CN(Cc1nc(-c2cccc(Cl)c2)no1)CC1CCCO1. The summed E-state index contributed by atoms with van der Waals surface area (Å²) in [6.45, 7) is 2.86. The first-order chi connectivity index (χ1) is 14.2. The van der Waals surface area contributed by atoms with Gasteiger partial charge in [0.05, 0.1) is 19.8 Å². The second kappa shape index (κ2) is 9.39. The second-order valence-corrected chi connectivity index (χ2v) is 7.58. The molecule has 1 unspecified atom stereocenters. The molecule has 1 aliphatic rings. The van der Waals surface area contributed by atoms with Crippen molar-refractivity contribution in [3.63, 3.8) is 0 Å². The van der Waals surface area contributed by atoms with Crippen molar-refractivity contribution in [3.8, 4) is 17.1 Å². The molecule has 1 aliphatic heterocycles. The van der Waals surface area contributed by atoms with Crippen LogP contribution in [0.3, 0.4) is 0 Å². The summed E-state index contributed by atoms with van der Waals surface area (Å²) in [5.74, 6) is 1.97. The third-order valence-corrected chi connectivity index (χ3v) is 5.22. The minimum absolute atomic E-state index is 0.222. The molecular weight excluding hydrogens is 390 g/mol. The number of ether oxygens (including phenoxy) is 2. The zero-order valence-corrected chi connectivity index (χ0v) is 17.1.